The van der Waals surface area contributed by atoms with Gasteiger partial charge in [-0.25, -0.2) is 4.79 Å². The van der Waals surface area contributed by atoms with Gasteiger partial charge in [0.25, 0.3) is 0 Å². The number of hydrogen-bond acceptors (Lipinski definition) is 11. The summed E-state index contributed by atoms with van der Waals surface area (Å²) in [5.41, 5.74) is 0. The van der Waals surface area contributed by atoms with Crippen molar-refractivity contribution in [3.05, 3.63) is 85.1 Å². The summed E-state index contributed by atoms with van der Waals surface area (Å²) in [6.07, 6.45) is 47.1. The van der Waals surface area contributed by atoms with Gasteiger partial charge in [0.1, 0.15) is 18.8 Å². The van der Waals surface area contributed by atoms with Gasteiger partial charge in [0.15, 0.2) is 24.6 Å². The molecule has 0 aliphatic carbocycles. The van der Waals surface area contributed by atoms with Crippen molar-refractivity contribution in [3.8, 4) is 0 Å². The van der Waals surface area contributed by atoms with E-state index in [1.807, 2.05) is 0 Å². The number of esters is 3. The third kappa shape index (κ3) is 37.3. The Kier molecular flexibility index (Phi) is 42.9. The standard InChI is InChI=1S/C59H96O12/c1-4-7-10-13-16-19-22-25-26-29-32-35-38-41-44-47-53(62)70-57-55(64)54(63)56(58(65)66)71-59(57)68-49-50(69-52(61)46-43-40-37-34-31-28-24-21-18-15-12-9-6-3)48-67-51(60)45-42-39-36-33-30-27-23-20-17-14-11-8-5-2/h7-8,10-11,16-17,19-21,24-27,30,50,54-57,59,63-64H,4-6,9,12-15,18,22-23,28-29,31-49H2,1-3H3,(H,65,66)/b10-7-,11-8-,19-16-,20-17-,24-21-,26-25-,30-27-. The second-order valence-electron chi connectivity index (χ2n) is 18.4. The van der Waals surface area contributed by atoms with Crippen LogP contribution in [0.5, 0.6) is 0 Å². The Hall–Kier alpha value is -4.10. The second-order valence-corrected chi connectivity index (χ2v) is 18.4. The van der Waals surface area contributed by atoms with Crippen molar-refractivity contribution >= 4 is 23.9 Å². The van der Waals surface area contributed by atoms with Gasteiger partial charge in [-0.1, -0.05) is 170 Å². The van der Waals surface area contributed by atoms with Crippen molar-refractivity contribution in [2.24, 2.45) is 0 Å². The van der Waals surface area contributed by atoms with Gasteiger partial charge < -0.3 is 39.0 Å². The minimum Gasteiger partial charge on any atom is -0.479 e. The molecule has 1 aliphatic heterocycles. The molecule has 0 saturated carbocycles. The Morgan fingerprint density at radius 3 is 1.38 bits per heavy atom. The molecule has 0 aromatic carbocycles. The predicted octanol–water partition coefficient (Wildman–Crippen LogP) is 13.6. The van der Waals surface area contributed by atoms with Gasteiger partial charge in [-0.15, -0.1) is 0 Å². The van der Waals surface area contributed by atoms with E-state index < -0.39 is 67.3 Å². The summed E-state index contributed by atoms with van der Waals surface area (Å²) in [6.45, 7) is 5.69. The fourth-order valence-corrected chi connectivity index (χ4v) is 7.74. The van der Waals surface area contributed by atoms with Gasteiger partial charge in [-0.05, 0) is 109 Å². The number of ether oxygens (including phenoxy) is 5. The van der Waals surface area contributed by atoms with Gasteiger partial charge in [0.05, 0.1) is 6.61 Å². The van der Waals surface area contributed by atoms with Gasteiger partial charge in [-0.3, -0.25) is 14.4 Å². The van der Waals surface area contributed by atoms with E-state index in [2.05, 4.69) is 106 Å². The molecule has 1 rings (SSSR count). The molecule has 12 heteroatoms. The van der Waals surface area contributed by atoms with Crippen LogP contribution in [0.1, 0.15) is 213 Å². The molecule has 71 heavy (non-hydrogen) atoms. The number of unbranched alkanes of at least 4 members (excludes halogenated alkanes) is 17. The number of carboxylic acid groups (broad SMARTS) is 1. The molecule has 1 heterocycles. The Bertz CT molecular complexity index is 1560. The molecular weight excluding hydrogens is 901 g/mol. The van der Waals surface area contributed by atoms with Crippen LogP contribution in [0.25, 0.3) is 0 Å². The van der Waals surface area contributed by atoms with Crippen molar-refractivity contribution in [1.29, 1.82) is 0 Å². The molecular formula is C59H96O12. The number of carboxylic acids is 1. The molecule has 3 N–H and O–H groups in total. The summed E-state index contributed by atoms with van der Waals surface area (Å²) in [6, 6.07) is 0. The minimum atomic E-state index is -1.92. The number of hydrogen-bond donors (Lipinski definition) is 3. The van der Waals surface area contributed by atoms with Crippen LogP contribution < -0.4 is 0 Å². The monoisotopic (exact) mass is 997 g/mol. The lowest BCUT2D eigenvalue weighted by atomic mass is 9.98. The zero-order valence-electron chi connectivity index (χ0n) is 44.2. The lowest BCUT2D eigenvalue weighted by molar-refractivity contribution is -0.301. The highest BCUT2D eigenvalue weighted by Gasteiger charge is 2.50. The first-order valence-electron chi connectivity index (χ1n) is 27.6. The first-order valence-corrected chi connectivity index (χ1v) is 27.6. The molecule has 0 spiro atoms. The molecule has 0 bridgehead atoms. The molecule has 1 fully saturated rings. The van der Waals surface area contributed by atoms with Crippen molar-refractivity contribution in [1.82, 2.24) is 0 Å². The van der Waals surface area contributed by atoms with Crippen LogP contribution in [0.2, 0.25) is 0 Å². The van der Waals surface area contributed by atoms with Crippen LogP contribution >= 0.6 is 0 Å². The molecule has 0 radical (unpaired) electrons. The zero-order chi connectivity index (χ0) is 51.8. The SMILES string of the molecule is CC/C=C\C/C=C\C/C=C\CCCCCCCC(=O)OC1C(OCC(COC(=O)CCCCC/C=C\C/C=C\C/C=C\CC)OC(=O)CCCCCCC/C=C\CCCCCC)OC(C(=O)O)C(O)C1O. The Labute approximate surface area is 429 Å². The second kappa shape index (κ2) is 46.9. The fourth-order valence-electron chi connectivity index (χ4n) is 7.74. The predicted molar refractivity (Wildman–Crippen MR) is 284 cm³/mol. The molecule has 6 atom stereocenters. The number of aliphatic hydroxyl groups is 2. The molecule has 1 saturated heterocycles. The van der Waals surface area contributed by atoms with Crippen molar-refractivity contribution in [3.63, 3.8) is 0 Å². The fraction of sp³-hybridized carbons (Fsp3) is 0.695. The summed E-state index contributed by atoms with van der Waals surface area (Å²) in [4.78, 5) is 50.9. The average Bonchev–Trinajstić information content (AvgIpc) is 3.35. The summed E-state index contributed by atoms with van der Waals surface area (Å²) < 4.78 is 28.3. The maximum atomic E-state index is 13.1. The normalized spacial score (nSPS) is 19.1. The van der Waals surface area contributed by atoms with Crippen LogP contribution in [-0.2, 0) is 42.9 Å². The third-order valence-electron chi connectivity index (χ3n) is 11.9. The quantitative estimate of drug-likeness (QED) is 0.0228. The molecule has 6 unspecified atom stereocenters. The van der Waals surface area contributed by atoms with Crippen LogP contribution in [0, 0.1) is 0 Å². The number of allylic oxidation sites excluding steroid dienone is 14. The summed E-state index contributed by atoms with van der Waals surface area (Å²) in [5, 5.41) is 31.4. The zero-order valence-corrected chi connectivity index (χ0v) is 44.2. The Balaban J connectivity index is 2.75. The van der Waals surface area contributed by atoms with E-state index in [9.17, 15) is 34.5 Å². The van der Waals surface area contributed by atoms with E-state index >= 15 is 0 Å². The molecule has 12 nitrogen and oxygen atoms in total. The number of carbonyl (C=O) groups excluding carboxylic acids is 3. The number of aliphatic hydroxyl groups excluding tert-OH is 2. The molecule has 0 aromatic rings. The first kappa shape index (κ1) is 64.9. The van der Waals surface area contributed by atoms with Gasteiger partial charge in [0, 0.05) is 19.3 Å². The Morgan fingerprint density at radius 2 is 0.887 bits per heavy atom. The minimum absolute atomic E-state index is 0.0340. The number of rotatable bonds is 45. The molecule has 0 aromatic heterocycles. The van der Waals surface area contributed by atoms with Crippen LogP contribution in [0.15, 0.2) is 85.1 Å². The summed E-state index contributed by atoms with van der Waals surface area (Å²) in [5.74, 6) is -3.20. The van der Waals surface area contributed by atoms with E-state index in [-0.39, 0.29) is 25.9 Å². The summed E-state index contributed by atoms with van der Waals surface area (Å²) >= 11 is 0. The highest BCUT2D eigenvalue weighted by atomic mass is 16.7. The smallest absolute Gasteiger partial charge is 0.335 e. The molecule has 0 amide bonds. The lowest BCUT2D eigenvalue weighted by Gasteiger charge is -2.40. The maximum Gasteiger partial charge on any atom is 0.335 e. The first-order chi connectivity index (χ1) is 34.6. The maximum absolute atomic E-state index is 13.1. The van der Waals surface area contributed by atoms with Crippen LogP contribution in [0.3, 0.4) is 0 Å². The van der Waals surface area contributed by atoms with Gasteiger partial charge in [-0.2, -0.15) is 0 Å². The number of carbonyl (C=O) groups is 4. The van der Waals surface area contributed by atoms with E-state index in [1.54, 1.807) is 0 Å². The Morgan fingerprint density at radius 1 is 0.479 bits per heavy atom. The van der Waals surface area contributed by atoms with E-state index in [1.165, 1.54) is 25.7 Å². The third-order valence-corrected chi connectivity index (χ3v) is 11.9. The average molecular weight is 997 g/mol. The highest BCUT2D eigenvalue weighted by Crippen LogP contribution is 2.26. The molecule has 404 valence electrons. The topological polar surface area (TPSA) is 175 Å². The van der Waals surface area contributed by atoms with E-state index in [0.717, 1.165) is 128 Å². The van der Waals surface area contributed by atoms with Crippen LogP contribution in [0.4, 0.5) is 0 Å². The molecule has 1 aliphatic rings. The summed E-state index contributed by atoms with van der Waals surface area (Å²) in [7, 11) is 0. The van der Waals surface area contributed by atoms with E-state index in [0.29, 0.717) is 19.3 Å². The van der Waals surface area contributed by atoms with Gasteiger partial charge >= 0.3 is 23.9 Å². The highest BCUT2D eigenvalue weighted by molar-refractivity contribution is 5.74. The van der Waals surface area contributed by atoms with Crippen molar-refractivity contribution < 1.29 is 58.2 Å². The van der Waals surface area contributed by atoms with Crippen LogP contribution in [-0.4, -0.2) is 89.2 Å². The largest absolute Gasteiger partial charge is 0.479 e. The lowest BCUT2D eigenvalue weighted by Crippen LogP contribution is -2.61. The van der Waals surface area contributed by atoms with E-state index in [4.69, 9.17) is 23.7 Å². The number of aliphatic carboxylic acids is 1. The van der Waals surface area contributed by atoms with Gasteiger partial charge in [0.2, 0.25) is 0 Å². The van der Waals surface area contributed by atoms with Crippen molar-refractivity contribution in [2.75, 3.05) is 13.2 Å². The van der Waals surface area contributed by atoms with Crippen molar-refractivity contribution in [2.45, 2.75) is 250 Å².